The van der Waals surface area contributed by atoms with E-state index in [1.165, 1.54) is 11.3 Å². The molecule has 1 fully saturated rings. The van der Waals surface area contributed by atoms with Gasteiger partial charge in [-0.3, -0.25) is 4.79 Å². The van der Waals surface area contributed by atoms with E-state index in [9.17, 15) is 4.79 Å². The second-order valence-corrected chi connectivity index (χ2v) is 10.7. The third-order valence-electron chi connectivity index (χ3n) is 6.00. The van der Waals surface area contributed by atoms with Crippen LogP contribution in [-0.4, -0.2) is 46.6 Å². The summed E-state index contributed by atoms with van der Waals surface area (Å²) in [7, 11) is 0. The van der Waals surface area contributed by atoms with Gasteiger partial charge in [0.1, 0.15) is 4.88 Å². The Morgan fingerprint density at radius 3 is 2.68 bits per heavy atom. The Balaban J connectivity index is 1.47. The van der Waals surface area contributed by atoms with Crippen LogP contribution in [0.1, 0.15) is 41.0 Å². The van der Waals surface area contributed by atoms with Gasteiger partial charge in [0.05, 0.1) is 30.1 Å². The molecule has 0 saturated carbocycles. The number of thiazole rings is 1. The van der Waals surface area contributed by atoms with Crippen LogP contribution in [0.25, 0.3) is 16.8 Å². The number of ether oxygens (including phenoxy) is 1. The molecule has 5 rings (SSSR count). The van der Waals surface area contributed by atoms with Crippen molar-refractivity contribution < 1.29 is 9.53 Å². The highest BCUT2D eigenvalue weighted by Crippen LogP contribution is 2.33. The van der Waals surface area contributed by atoms with Crippen LogP contribution in [-0.2, 0) is 10.2 Å². The molecule has 0 aliphatic carbocycles. The summed E-state index contributed by atoms with van der Waals surface area (Å²) in [6.45, 7) is 11.5. The summed E-state index contributed by atoms with van der Waals surface area (Å²) in [6, 6.07) is 8.23. The zero-order valence-corrected chi connectivity index (χ0v) is 20.8. The van der Waals surface area contributed by atoms with E-state index in [0.717, 1.165) is 51.8 Å². The normalized spacial score (nSPS) is 14.5. The summed E-state index contributed by atoms with van der Waals surface area (Å²) in [4.78, 5) is 24.9. The van der Waals surface area contributed by atoms with Gasteiger partial charge in [-0.15, -0.1) is 11.3 Å². The van der Waals surface area contributed by atoms with Crippen LogP contribution < -0.4 is 10.2 Å². The summed E-state index contributed by atoms with van der Waals surface area (Å²) in [5, 5.41) is 4.01. The molecular weight excluding hydrogens is 446 g/mol. The van der Waals surface area contributed by atoms with E-state index in [1.54, 1.807) is 6.20 Å². The minimum absolute atomic E-state index is 0.0790. The number of carbonyl (C=O) groups excluding carboxylic acids is 1. The summed E-state index contributed by atoms with van der Waals surface area (Å²) in [6.07, 6.45) is 7.56. The number of hydrogen-bond donors (Lipinski definition) is 1. The molecule has 0 radical (unpaired) electrons. The van der Waals surface area contributed by atoms with Gasteiger partial charge in [-0.1, -0.05) is 26.8 Å². The molecule has 1 saturated heterocycles. The Morgan fingerprint density at radius 1 is 1.15 bits per heavy atom. The van der Waals surface area contributed by atoms with E-state index in [0.29, 0.717) is 18.1 Å². The Morgan fingerprint density at radius 2 is 1.94 bits per heavy atom. The number of pyridine rings is 1. The molecule has 1 amide bonds. The fourth-order valence-electron chi connectivity index (χ4n) is 4.13. The molecule has 0 atom stereocenters. The maximum atomic E-state index is 12.9. The van der Waals surface area contributed by atoms with Crippen molar-refractivity contribution in [3.63, 3.8) is 0 Å². The maximum absolute atomic E-state index is 12.9. The lowest BCUT2D eigenvalue weighted by molar-refractivity contribution is 0.103. The van der Waals surface area contributed by atoms with Crippen molar-refractivity contribution in [2.24, 2.45) is 0 Å². The number of aryl methyl sites for hydroxylation is 1. The van der Waals surface area contributed by atoms with Crippen molar-refractivity contribution >= 4 is 34.3 Å². The van der Waals surface area contributed by atoms with E-state index < -0.39 is 0 Å². The molecule has 34 heavy (non-hydrogen) atoms. The number of amides is 1. The number of nitrogens with zero attached hydrogens (tertiary/aromatic N) is 4. The summed E-state index contributed by atoms with van der Waals surface area (Å²) in [5.41, 5.74) is 6.00. The van der Waals surface area contributed by atoms with Crippen molar-refractivity contribution in [1.29, 1.82) is 0 Å². The zero-order chi connectivity index (χ0) is 23.9. The molecule has 8 heteroatoms. The number of hydrogen-bond acceptors (Lipinski definition) is 6. The van der Waals surface area contributed by atoms with Gasteiger partial charge in [0.2, 0.25) is 0 Å². The molecule has 1 aromatic carbocycles. The van der Waals surface area contributed by atoms with Crippen LogP contribution in [0, 0.1) is 6.92 Å². The van der Waals surface area contributed by atoms with Gasteiger partial charge in [0.25, 0.3) is 5.91 Å². The lowest BCUT2D eigenvalue weighted by Gasteiger charge is -2.29. The standard InChI is InChI=1S/C26H29N5O2S/c1-17-5-6-19(29-24(32)22-15-28-25(34-22)26(2,3)4)14-20(17)18-13-21(30-9-11-33-12-10-30)23-27-7-8-31(23)16-18/h5-8,13-16H,9-12H2,1-4H3,(H,29,32). The number of nitrogens with one attached hydrogen (secondary N) is 1. The molecule has 1 aliphatic rings. The fraction of sp³-hybridized carbons (Fsp3) is 0.346. The summed E-state index contributed by atoms with van der Waals surface area (Å²) < 4.78 is 7.61. The number of morpholine rings is 1. The average molecular weight is 476 g/mol. The van der Waals surface area contributed by atoms with E-state index in [1.807, 2.05) is 30.6 Å². The molecule has 176 valence electrons. The largest absolute Gasteiger partial charge is 0.378 e. The second-order valence-electron chi connectivity index (χ2n) is 9.64. The second kappa shape index (κ2) is 8.85. The minimum atomic E-state index is -0.137. The zero-order valence-electron chi connectivity index (χ0n) is 20.0. The van der Waals surface area contributed by atoms with Gasteiger partial charge in [-0.25, -0.2) is 9.97 Å². The molecule has 1 aliphatic heterocycles. The lowest BCUT2D eigenvalue weighted by atomic mass is 9.98. The first-order valence-corrected chi connectivity index (χ1v) is 12.3. The van der Waals surface area contributed by atoms with Crippen molar-refractivity contribution in [2.75, 3.05) is 36.5 Å². The van der Waals surface area contributed by atoms with E-state index in [4.69, 9.17) is 4.74 Å². The molecular formula is C26H29N5O2S. The third kappa shape index (κ3) is 4.43. The summed E-state index contributed by atoms with van der Waals surface area (Å²) in [5.74, 6) is -0.137. The Kier molecular flexibility index (Phi) is 5.87. The number of anilines is 2. The number of rotatable bonds is 4. The molecule has 4 aromatic rings. The van der Waals surface area contributed by atoms with Crippen LogP contribution >= 0.6 is 11.3 Å². The van der Waals surface area contributed by atoms with Crippen LogP contribution in [0.2, 0.25) is 0 Å². The number of carbonyl (C=O) groups is 1. The van der Waals surface area contributed by atoms with Crippen LogP contribution in [0.3, 0.4) is 0 Å². The van der Waals surface area contributed by atoms with E-state index in [2.05, 4.69) is 64.5 Å². The van der Waals surface area contributed by atoms with Gasteiger partial charge in [0, 0.05) is 48.3 Å². The third-order valence-corrected chi connectivity index (χ3v) is 7.42. The molecule has 0 bridgehead atoms. The van der Waals surface area contributed by atoms with Crippen molar-refractivity contribution in [2.45, 2.75) is 33.1 Å². The monoisotopic (exact) mass is 475 g/mol. The van der Waals surface area contributed by atoms with Gasteiger partial charge < -0.3 is 19.4 Å². The van der Waals surface area contributed by atoms with Crippen LogP contribution in [0.4, 0.5) is 11.4 Å². The predicted octanol–water partition coefficient (Wildman–Crippen LogP) is 5.15. The Bertz CT molecular complexity index is 1340. The summed E-state index contributed by atoms with van der Waals surface area (Å²) >= 11 is 1.44. The first-order valence-electron chi connectivity index (χ1n) is 11.5. The molecule has 7 nitrogen and oxygen atoms in total. The van der Waals surface area contributed by atoms with Crippen LogP contribution in [0.15, 0.2) is 49.1 Å². The van der Waals surface area contributed by atoms with E-state index >= 15 is 0 Å². The van der Waals surface area contributed by atoms with Gasteiger partial charge in [0.15, 0.2) is 5.65 Å². The average Bonchev–Trinajstić information content (AvgIpc) is 3.50. The van der Waals surface area contributed by atoms with Crippen LogP contribution in [0.5, 0.6) is 0 Å². The van der Waals surface area contributed by atoms with Crippen molar-refractivity contribution in [3.8, 4) is 11.1 Å². The van der Waals surface area contributed by atoms with Gasteiger partial charge in [-0.05, 0) is 36.2 Å². The lowest BCUT2D eigenvalue weighted by Crippen LogP contribution is -2.36. The Labute approximate surface area is 203 Å². The van der Waals surface area contributed by atoms with E-state index in [-0.39, 0.29) is 11.3 Å². The molecule has 1 N–H and O–H groups in total. The Hall–Kier alpha value is -3.23. The molecule has 4 heterocycles. The number of imidazole rings is 1. The first kappa shape index (κ1) is 22.6. The highest BCUT2D eigenvalue weighted by Gasteiger charge is 2.21. The SMILES string of the molecule is Cc1ccc(NC(=O)c2cnc(C(C)(C)C)s2)cc1-c1cc(N2CCOCC2)c2nccn2c1. The first-order chi connectivity index (χ1) is 16.3. The van der Waals surface area contributed by atoms with Crippen molar-refractivity contribution in [1.82, 2.24) is 14.4 Å². The highest BCUT2D eigenvalue weighted by molar-refractivity contribution is 7.13. The predicted molar refractivity (Wildman–Crippen MR) is 137 cm³/mol. The van der Waals surface area contributed by atoms with Gasteiger partial charge in [-0.2, -0.15) is 0 Å². The topological polar surface area (TPSA) is 71.8 Å². The molecule has 3 aromatic heterocycles. The van der Waals surface area contributed by atoms with Crippen molar-refractivity contribution in [3.05, 3.63) is 64.5 Å². The van der Waals surface area contributed by atoms with Gasteiger partial charge >= 0.3 is 0 Å². The quantitative estimate of drug-likeness (QED) is 0.442. The molecule has 0 spiro atoms. The maximum Gasteiger partial charge on any atom is 0.267 e. The number of benzene rings is 1. The number of fused-ring (bicyclic) bond motifs is 1. The smallest absolute Gasteiger partial charge is 0.267 e. The number of aromatic nitrogens is 3. The molecule has 0 unspecified atom stereocenters. The highest BCUT2D eigenvalue weighted by atomic mass is 32.1. The minimum Gasteiger partial charge on any atom is -0.378 e. The fourth-order valence-corrected chi connectivity index (χ4v) is 5.00.